The van der Waals surface area contributed by atoms with Gasteiger partial charge in [-0.05, 0) is 3.82 Å². The van der Waals surface area contributed by atoms with Crippen molar-refractivity contribution in [3.63, 3.8) is 0 Å². The molecule has 1 unspecified atom stereocenters. The van der Waals surface area contributed by atoms with Gasteiger partial charge in [0.15, 0.2) is 0 Å². The number of carbonyl (C=O) groups is 1. The van der Waals surface area contributed by atoms with Crippen molar-refractivity contribution in [1.82, 2.24) is 20.3 Å². The lowest BCUT2D eigenvalue weighted by atomic mass is 9.74. The standard InChI is InChI=1S/C12H20BIN7O/c1-8(14)13-10-17-11(20(2)7-9(15)22)19-12(18-10)21-5-3-16-4-6-21/h8,16H,3-7H2,1-2H3,(H2,15,22). The molecule has 10 heteroatoms. The molecule has 1 radical (unpaired) electrons. The highest BCUT2D eigenvalue weighted by molar-refractivity contribution is 14.1. The molecule has 0 bridgehead atoms. The van der Waals surface area contributed by atoms with Crippen molar-refractivity contribution in [3.05, 3.63) is 0 Å². The van der Waals surface area contributed by atoms with Gasteiger partial charge in [-0.3, -0.25) is 4.79 Å². The molecule has 3 N–H and O–H groups in total. The largest absolute Gasteiger partial charge is 0.368 e. The molecule has 1 aliphatic heterocycles. The number of piperazine rings is 1. The van der Waals surface area contributed by atoms with Crippen LogP contribution in [-0.2, 0) is 4.79 Å². The van der Waals surface area contributed by atoms with Gasteiger partial charge in [0, 0.05) is 33.2 Å². The second-order valence-corrected chi connectivity index (χ2v) is 7.16. The maximum absolute atomic E-state index is 11.1. The SMILES string of the molecule is CC(I)[B]c1nc(N(C)CC(N)=O)nc(N2CCNCC2)n1. The normalized spacial score (nSPS) is 16.2. The summed E-state index contributed by atoms with van der Waals surface area (Å²) in [5.74, 6) is 0.691. The van der Waals surface area contributed by atoms with Crippen LogP contribution in [0.3, 0.4) is 0 Å². The Bertz CT molecular complexity index is 524. The molecular weight excluding hydrogens is 396 g/mol. The fourth-order valence-electron chi connectivity index (χ4n) is 2.13. The molecule has 1 saturated heterocycles. The van der Waals surface area contributed by atoms with E-state index in [9.17, 15) is 4.79 Å². The van der Waals surface area contributed by atoms with Crippen molar-refractivity contribution in [2.45, 2.75) is 10.7 Å². The number of hydrogen-bond donors (Lipinski definition) is 2. The number of hydrogen-bond acceptors (Lipinski definition) is 7. The summed E-state index contributed by atoms with van der Waals surface area (Å²) in [4.78, 5) is 28.3. The molecule has 2 heterocycles. The van der Waals surface area contributed by atoms with Crippen molar-refractivity contribution in [1.29, 1.82) is 0 Å². The smallest absolute Gasteiger partial charge is 0.237 e. The molecule has 1 aliphatic rings. The summed E-state index contributed by atoms with van der Waals surface area (Å²) >= 11 is 2.29. The van der Waals surface area contributed by atoms with Crippen LogP contribution in [0, 0.1) is 0 Å². The number of likely N-dealkylation sites (N-methyl/N-ethyl adjacent to an activating group) is 1. The van der Waals surface area contributed by atoms with Crippen molar-refractivity contribution in [3.8, 4) is 0 Å². The Kier molecular flexibility index (Phi) is 6.18. The van der Waals surface area contributed by atoms with E-state index in [2.05, 4.69) is 54.7 Å². The number of anilines is 2. The molecule has 119 valence electrons. The van der Waals surface area contributed by atoms with Gasteiger partial charge in [0.1, 0.15) is 0 Å². The highest BCUT2D eigenvalue weighted by Crippen LogP contribution is 2.11. The highest BCUT2D eigenvalue weighted by atomic mass is 127. The first-order valence-electron chi connectivity index (χ1n) is 7.16. The molecule has 0 saturated carbocycles. The summed E-state index contributed by atoms with van der Waals surface area (Å²) < 4.78 is 0.296. The Labute approximate surface area is 144 Å². The first kappa shape index (κ1) is 17.2. The lowest BCUT2D eigenvalue weighted by Crippen LogP contribution is -2.45. The average Bonchev–Trinajstić information content (AvgIpc) is 2.46. The minimum atomic E-state index is -0.417. The molecule has 8 nitrogen and oxygen atoms in total. The molecule has 1 amide bonds. The highest BCUT2D eigenvalue weighted by Gasteiger charge is 2.19. The molecule has 1 aromatic rings. The number of nitrogens with zero attached hydrogens (tertiary/aromatic N) is 5. The number of alkyl halides is 1. The summed E-state index contributed by atoms with van der Waals surface area (Å²) in [5, 5.41) is 3.30. The summed E-state index contributed by atoms with van der Waals surface area (Å²) in [6, 6.07) is 0. The third-order valence-electron chi connectivity index (χ3n) is 3.14. The van der Waals surface area contributed by atoms with Crippen LogP contribution in [0.5, 0.6) is 0 Å². The first-order valence-corrected chi connectivity index (χ1v) is 8.40. The number of rotatable bonds is 6. The number of nitrogens with two attached hydrogens (primary N) is 1. The zero-order valence-corrected chi connectivity index (χ0v) is 14.9. The molecule has 22 heavy (non-hydrogen) atoms. The molecule has 0 aliphatic carbocycles. The summed E-state index contributed by atoms with van der Waals surface area (Å²) in [7, 11) is 3.72. The van der Waals surface area contributed by atoms with Crippen molar-refractivity contribution in [2.75, 3.05) is 49.6 Å². The van der Waals surface area contributed by atoms with Crippen LogP contribution in [-0.4, -0.2) is 71.7 Å². The maximum atomic E-state index is 11.1. The minimum Gasteiger partial charge on any atom is -0.368 e. The van der Waals surface area contributed by atoms with Crippen LogP contribution >= 0.6 is 22.6 Å². The predicted octanol–water partition coefficient (Wildman–Crippen LogP) is -1.69. The van der Waals surface area contributed by atoms with E-state index in [-0.39, 0.29) is 6.54 Å². The van der Waals surface area contributed by atoms with E-state index >= 15 is 0 Å². The Hall–Kier alpha value is -1.17. The average molecular weight is 416 g/mol. The zero-order valence-electron chi connectivity index (χ0n) is 12.8. The lowest BCUT2D eigenvalue weighted by Gasteiger charge is -2.28. The van der Waals surface area contributed by atoms with Crippen molar-refractivity contribution >= 4 is 53.4 Å². The molecule has 0 aromatic carbocycles. The van der Waals surface area contributed by atoms with Crippen LogP contribution in [0.15, 0.2) is 0 Å². The number of carbonyl (C=O) groups excluding carboxylic acids is 1. The van der Waals surface area contributed by atoms with E-state index < -0.39 is 5.91 Å². The van der Waals surface area contributed by atoms with Crippen LogP contribution in [0.25, 0.3) is 0 Å². The quantitative estimate of drug-likeness (QED) is 0.325. The van der Waals surface area contributed by atoms with Gasteiger partial charge >= 0.3 is 0 Å². The molecule has 1 aromatic heterocycles. The van der Waals surface area contributed by atoms with Crippen LogP contribution in [0.4, 0.5) is 11.9 Å². The van der Waals surface area contributed by atoms with Gasteiger partial charge in [-0.15, -0.1) is 0 Å². The summed E-state index contributed by atoms with van der Waals surface area (Å²) in [6.07, 6.45) is 0. The summed E-state index contributed by atoms with van der Waals surface area (Å²) in [5.41, 5.74) is 5.87. The van der Waals surface area contributed by atoms with E-state index in [1.807, 2.05) is 7.28 Å². The van der Waals surface area contributed by atoms with E-state index in [0.717, 1.165) is 26.2 Å². The molecule has 2 rings (SSSR count). The van der Waals surface area contributed by atoms with Gasteiger partial charge in [-0.1, -0.05) is 29.5 Å². The first-order chi connectivity index (χ1) is 10.5. The van der Waals surface area contributed by atoms with Crippen LogP contribution < -0.4 is 26.6 Å². The van der Waals surface area contributed by atoms with E-state index in [1.54, 1.807) is 11.9 Å². The fourth-order valence-corrected chi connectivity index (χ4v) is 2.45. The van der Waals surface area contributed by atoms with Gasteiger partial charge in [0.2, 0.25) is 25.1 Å². The third-order valence-corrected chi connectivity index (χ3v) is 3.50. The van der Waals surface area contributed by atoms with E-state index in [0.29, 0.717) is 21.4 Å². The third kappa shape index (κ3) is 4.94. The van der Waals surface area contributed by atoms with Gasteiger partial charge in [-0.25, -0.2) is 9.97 Å². The van der Waals surface area contributed by atoms with E-state index in [4.69, 9.17) is 5.73 Å². The Morgan fingerprint density at radius 3 is 2.73 bits per heavy atom. The van der Waals surface area contributed by atoms with Gasteiger partial charge < -0.3 is 20.9 Å². The second-order valence-electron chi connectivity index (χ2n) is 5.20. The lowest BCUT2D eigenvalue weighted by molar-refractivity contribution is -0.116. The van der Waals surface area contributed by atoms with Crippen LogP contribution in [0.2, 0.25) is 0 Å². The molecule has 1 fully saturated rings. The van der Waals surface area contributed by atoms with Crippen molar-refractivity contribution < 1.29 is 4.79 Å². The van der Waals surface area contributed by atoms with Gasteiger partial charge in [0.05, 0.1) is 12.3 Å². The Morgan fingerprint density at radius 1 is 1.45 bits per heavy atom. The Morgan fingerprint density at radius 2 is 2.14 bits per heavy atom. The monoisotopic (exact) mass is 416 g/mol. The minimum absolute atomic E-state index is 0.0736. The topological polar surface area (TPSA) is 100 Å². The molecular formula is C12H20BIN7O. The molecule has 1 atom stereocenters. The van der Waals surface area contributed by atoms with Crippen molar-refractivity contribution in [2.24, 2.45) is 5.73 Å². The number of nitrogens with one attached hydrogen (secondary N) is 1. The number of halogens is 1. The van der Waals surface area contributed by atoms with Gasteiger partial charge in [0.25, 0.3) is 0 Å². The predicted molar refractivity (Wildman–Crippen MR) is 96.2 cm³/mol. The van der Waals surface area contributed by atoms with Gasteiger partial charge in [-0.2, -0.15) is 4.98 Å². The Balaban J connectivity index is 2.28. The fraction of sp³-hybridized carbons (Fsp3) is 0.667. The molecule has 0 spiro atoms. The number of amides is 1. The van der Waals surface area contributed by atoms with Crippen LogP contribution in [0.1, 0.15) is 6.92 Å². The van der Waals surface area contributed by atoms with E-state index in [1.165, 1.54) is 0 Å². The summed E-state index contributed by atoms with van der Waals surface area (Å²) in [6.45, 7) is 5.63. The second kappa shape index (κ2) is 7.91. The maximum Gasteiger partial charge on any atom is 0.237 e. The zero-order chi connectivity index (χ0) is 16.1. The number of aromatic nitrogens is 3. The number of primary amides is 1.